The zero-order chi connectivity index (χ0) is 11.7. The number of hydrogen-bond donors (Lipinski definition) is 1. The Morgan fingerprint density at radius 3 is 2.38 bits per heavy atom. The Morgan fingerprint density at radius 1 is 0.938 bits per heavy atom. The molecule has 0 spiro atoms. The van der Waals surface area contributed by atoms with Crippen LogP contribution in [-0.2, 0) is 0 Å². The van der Waals surface area contributed by atoms with Crippen molar-refractivity contribution in [3.8, 4) is 11.1 Å². The van der Waals surface area contributed by atoms with Gasteiger partial charge in [0.2, 0.25) is 0 Å². The molecule has 4 heteroatoms. The second-order valence-corrected chi connectivity index (χ2v) is 3.83. The van der Waals surface area contributed by atoms with Crippen molar-refractivity contribution in [3.63, 3.8) is 0 Å². The Bertz CT molecular complexity index is 520. The van der Waals surface area contributed by atoms with Gasteiger partial charge in [-0.15, -0.1) is 0 Å². The van der Waals surface area contributed by atoms with Gasteiger partial charge in [0.25, 0.3) is 0 Å². The van der Waals surface area contributed by atoms with Gasteiger partial charge in [0.1, 0.15) is 11.6 Å². The molecular formula is C12H8ClF2N. The standard InChI is InChI=1S/C12H8ClF2N/c13-8-3-7(4-10(15)5-8)11-6-9(14)1-2-12(11)16/h1-6H,16H2. The molecule has 0 aromatic heterocycles. The number of benzene rings is 2. The Kier molecular flexibility index (Phi) is 2.79. The maximum Gasteiger partial charge on any atom is 0.125 e. The lowest BCUT2D eigenvalue weighted by molar-refractivity contribution is 0.626. The van der Waals surface area contributed by atoms with Gasteiger partial charge in [-0.25, -0.2) is 8.78 Å². The SMILES string of the molecule is Nc1ccc(F)cc1-c1cc(F)cc(Cl)c1. The Balaban J connectivity index is 2.62. The highest BCUT2D eigenvalue weighted by atomic mass is 35.5. The van der Waals surface area contributed by atoms with Crippen LogP contribution in [0, 0.1) is 11.6 Å². The van der Waals surface area contributed by atoms with E-state index in [0.29, 0.717) is 16.8 Å². The fourth-order valence-electron chi connectivity index (χ4n) is 1.49. The van der Waals surface area contributed by atoms with E-state index in [4.69, 9.17) is 17.3 Å². The first-order chi connectivity index (χ1) is 7.56. The molecule has 0 amide bonds. The van der Waals surface area contributed by atoms with E-state index in [1.165, 1.54) is 36.4 Å². The fraction of sp³-hybridized carbons (Fsp3) is 0. The minimum Gasteiger partial charge on any atom is -0.398 e. The molecule has 0 bridgehead atoms. The van der Waals surface area contributed by atoms with E-state index >= 15 is 0 Å². The van der Waals surface area contributed by atoms with Gasteiger partial charge in [0, 0.05) is 16.3 Å². The van der Waals surface area contributed by atoms with Gasteiger partial charge in [-0.2, -0.15) is 0 Å². The number of nitrogens with two attached hydrogens (primary N) is 1. The molecule has 0 saturated heterocycles. The summed E-state index contributed by atoms with van der Waals surface area (Å²) in [5.41, 5.74) is 6.96. The van der Waals surface area contributed by atoms with Gasteiger partial charge >= 0.3 is 0 Å². The van der Waals surface area contributed by atoms with Crippen molar-refractivity contribution in [3.05, 3.63) is 53.1 Å². The van der Waals surface area contributed by atoms with E-state index in [1.54, 1.807) is 0 Å². The van der Waals surface area contributed by atoms with Crippen LogP contribution < -0.4 is 5.73 Å². The zero-order valence-electron chi connectivity index (χ0n) is 8.18. The molecule has 16 heavy (non-hydrogen) atoms. The normalized spacial score (nSPS) is 10.4. The van der Waals surface area contributed by atoms with Gasteiger partial charge in [-0.1, -0.05) is 11.6 Å². The van der Waals surface area contributed by atoms with Gasteiger partial charge in [-0.3, -0.25) is 0 Å². The molecule has 1 nitrogen and oxygen atoms in total. The minimum atomic E-state index is -0.480. The molecule has 2 aromatic rings. The summed E-state index contributed by atoms with van der Waals surface area (Å²) in [5.74, 6) is -0.907. The van der Waals surface area contributed by atoms with Crippen molar-refractivity contribution in [2.45, 2.75) is 0 Å². The van der Waals surface area contributed by atoms with E-state index < -0.39 is 11.6 Å². The molecule has 0 heterocycles. The molecule has 2 aromatic carbocycles. The van der Waals surface area contributed by atoms with Gasteiger partial charge in [0.05, 0.1) is 0 Å². The highest BCUT2D eigenvalue weighted by Gasteiger charge is 2.06. The van der Waals surface area contributed by atoms with Gasteiger partial charge < -0.3 is 5.73 Å². The molecule has 82 valence electrons. The summed E-state index contributed by atoms with van der Waals surface area (Å²) in [5, 5.41) is 0.249. The summed E-state index contributed by atoms with van der Waals surface area (Å²) < 4.78 is 26.2. The Morgan fingerprint density at radius 2 is 1.69 bits per heavy atom. The summed E-state index contributed by atoms with van der Waals surface area (Å²) >= 11 is 5.72. The fourth-order valence-corrected chi connectivity index (χ4v) is 1.71. The van der Waals surface area contributed by atoms with E-state index in [0.717, 1.165) is 0 Å². The molecule has 2 rings (SSSR count). The van der Waals surface area contributed by atoms with Crippen molar-refractivity contribution < 1.29 is 8.78 Å². The smallest absolute Gasteiger partial charge is 0.125 e. The first-order valence-electron chi connectivity index (χ1n) is 4.58. The van der Waals surface area contributed by atoms with Crippen molar-refractivity contribution in [2.24, 2.45) is 0 Å². The highest BCUT2D eigenvalue weighted by molar-refractivity contribution is 6.30. The predicted molar refractivity (Wildman–Crippen MR) is 61.2 cm³/mol. The van der Waals surface area contributed by atoms with Crippen LogP contribution in [0.15, 0.2) is 36.4 Å². The van der Waals surface area contributed by atoms with E-state index in [2.05, 4.69) is 0 Å². The average molecular weight is 240 g/mol. The molecule has 0 saturated carbocycles. The summed E-state index contributed by atoms with van der Waals surface area (Å²) in [6.07, 6.45) is 0. The summed E-state index contributed by atoms with van der Waals surface area (Å²) in [6, 6.07) is 7.91. The van der Waals surface area contributed by atoms with Crippen molar-refractivity contribution in [1.82, 2.24) is 0 Å². The molecule has 0 aliphatic heterocycles. The van der Waals surface area contributed by atoms with Crippen LogP contribution in [-0.4, -0.2) is 0 Å². The van der Waals surface area contributed by atoms with Crippen LogP contribution in [0.5, 0.6) is 0 Å². The Hall–Kier alpha value is -1.61. The number of hydrogen-bond acceptors (Lipinski definition) is 1. The van der Waals surface area contributed by atoms with Gasteiger partial charge in [0.15, 0.2) is 0 Å². The van der Waals surface area contributed by atoms with Crippen LogP contribution in [0.2, 0.25) is 5.02 Å². The largest absolute Gasteiger partial charge is 0.398 e. The predicted octanol–water partition coefficient (Wildman–Crippen LogP) is 3.87. The monoisotopic (exact) mass is 239 g/mol. The first kappa shape index (κ1) is 10.9. The molecule has 0 fully saturated rings. The van der Waals surface area contributed by atoms with Crippen LogP contribution in [0.1, 0.15) is 0 Å². The third-order valence-corrected chi connectivity index (χ3v) is 2.41. The second-order valence-electron chi connectivity index (χ2n) is 3.39. The molecule has 0 aliphatic rings. The second kappa shape index (κ2) is 4.10. The Labute approximate surface area is 96.5 Å². The van der Waals surface area contributed by atoms with Crippen LogP contribution >= 0.6 is 11.6 Å². The van der Waals surface area contributed by atoms with Crippen LogP contribution in [0.3, 0.4) is 0 Å². The van der Waals surface area contributed by atoms with Crippen LogP contribution in [0.25, 0.3) is 11.1 Å². The molecular weight excluding hydrogens is 232 g/mol. The molecule has 0 aliphatic carbocycles. The molecule has 0 unspecified atom stereocenters. The third-order valence-electron chi connectivity index (χ3n) is 2.19. The average Bonchev–Trinajstić information content (AvgIpc) is 2.20. The zero-order valence-corrected chi connectivity index (χ0v) is 8.93. The van der Waals surface area contributed by atoms with Gasteiger partial charge in [-0.05, 0) is 42.0 Å². The van der Waals surface area contributed by atoms with Crippen molar-refractivity contribution >= 4 is 17.3 Å². The number of anilines is 1. The van der Waals surface area contributed by atoms with Crippen LogP contribution in [0.4, 0.5) is 14.5 Å². The summed E-state index contributed by atoms with van der Waals surface area (Å²) in [7, 11) is 0. The molecule has 2 N–H and O–H groups in total. The third kappa shape index (κ3) is 2.14. The summed E-state index contributed by atoms with van der Waals surface area (Å²) in [6.45, 7) is 0. The maximum atomic E-state index is 13.1. The summed E-state index contributed by atoms with van der Waals surface area (Å²) in [4.78, 5) is 0. The highest BCUT2D eigenvalue weighted by Crippen LogP contribution is 2.29. The van der Waals surface area contributed by atoms with Crippen molar-refractivity contribution in [1.29, 1.82) is 0 Å². The molecule has 0 atom stereocenters. The lowest BCUT2D eigenvalue weighted by atomic mass is 10.0. The molecule has 0 radical (unpaired) electrons. The number of rotatable bonds is 1. The minimum absolute atomic E-state index is 0.249. The first-order valence-corrected chi connectivity index (χ1v) is 4.95. The van der Waals surface area contributed by atoms with E-state index in [-0.39, 0.29) is 5.02 Å². The van der Waals surface area contributed by atoms with E-state index in [9.17, 15) is 8.78 Å². The number of halogens is 3. The maximum absolute atomic E-state index is 13.1. The number of nitrogen functional groups attached to an aromatic ring is 1. The van der Waals surface area contributed by atoms with Crippen molar-refractivity contribution in [2.75, 3.05) is 5.73 Å². The topological polar surface area (TPSA) is 26.0 Å². The lowest BCUT2D eigenvalue weighted by Gasteiger charge is -2.06. The lowest BCUT2D eigenvalue weighted by Crippen LogP contribution is -1.91. The quantitative estimate of drug-likeness (QED) is 0.751. The van der Waals surface area contributed by atoms with E-state index in [1.807, 2.05) is 0 Å².